The fourth-order valence-corrected chi connectivity index (χ4v) is 11.0. The van der Waals surface area contributed by atoms with E-state index in [9.17, 15) is 42.0 Å². The van der Waals surface area contributed by atoms with Crippen molar-refractivity contribution in [2.75, 3.05) is 89.8 Å². The van der Waals surface area contributed by atoms with Gasteiger partial charge in [0.05, 0.1) is 45.8 Å². The van der Waals surface area contributed by atoms with E-state index in [-0.39, 0.29) is 60.3 Å². The summed E-state index contributed by atoms with van der Waals surface area (Å²) in [4.78, 5) is 96.8. The molecule has 0 saturated carbocycles. The molecule has 4 fully saturated rings. The van der Waals surface area contributed by atoms with Gasteiger partial charge < -0.3 is 24.3 Å². The molecule has 3 aromatic carbocycles. The number of aromatic nitrogens is 6. The Balaban J connectivity index is 0.708. The first kappa shape index (κ1) is 47.6. The molecule has 8 heterocycles. The van der Waals surface area contributed by atoms with Crippen molar-refractivity contribution < 1.29 is 41.1 Å². The van der Waals surface area contributed by atoms with Crippen molar-refractivity contribution in [1.82, 2.24) is 44.0 Å². The van der Waals surface area contributed by atoms with E-state index in [1.54, 1.807) is 30.6 Å². The van der Waals surface area contributed by atoms with Crippen molar-refractivity contribution in [3.05, 3.63) is 113 Å². The van der Waals surface area contributed by atoms with Crippen LogP contribution in [0.1, 0.15) is 45.5 Å². The molecule has 0 bridgehead atoms. The maximum Gasteiger partial charge on any atom is 0.301 e. The predicted octanol–water partition coefficient (Wildman–Crippen LogP) is 2.52. The lowest BCUT2D eigenvalue weighted by Crippen LogP contribution is -2.54. The summed E-state index contributed by atoms with van der Waals surface area (Å²) in [6.45, 7) is 4.41. The summed E-state index contributed by atoms with van der Waals surface area (Å²) in [5.41, 5.74) is 0.599. The number of carbonyl (C=O) groups is 4. The molecule has 4 amide bonds. The van der Waals surface area contributed by atoms with E-state index in [0.29, 0.717) is 69.5 Å². The van der Waals surface area contributed by atoms with Gasteiger partial charge in [0, 0.05) is 83.6 Å². The first-order valence-electron chi connectivity index (χ1n) is 23.6. The van der Waals surface area contributed by atoms with Crippen LogP contribution in [0.4, 0.5) is 37.7 Å². The van der Waals surface area contributed by atoms with Crippen LogP contribution in [0.25, 0.3) is 16.6 Å². The number of nitrogens with one attached hydrogen (secondary N) is 2. The number of alkyl halides is 1. The van der Waals surface area contributed by atoms with Crippen molar-refractivity contribution in [3.63, 3.8) is 0 Å². The molecule has 3 aromatic heterocycles. The Kier molecular flexibility index (Phi) is 12.3. The molecule has 6 aromatic rings. The van der Waals surface area contributed by atoms with E-state index >= 15 is 4.39 Å². The molecular formula is C48H43F2N15O8S. The van der Waals surface area contributed by atoms with Crippen LogP contribution < -0.4 is 39.9 Å². The normalized spacial score (nSPS) is 19.5. The van der Waals surface area contributed by atoms with Gasteiger partial charge in [-0.1, -0.05) is 0 Å². The molecule has 5 aliphatic heterocycles. The number of benzene rings is 3. The molecule has 378 valence electrons. The van der Waals surface area contributed by atoms with E-state index < -0.39 is 68.7 Å². The van der Waals surface area contributed by atoms with Crippen LogP contribution in [0.5, 0.6) is 11.5 Å². The number of piperidine rings is 1. The fourth-order valence-electron chi connectivity index (χ4n) is 9.70. The first-order valence-corrected chi connectivity index (χ1v) is 25.0. The first-order chi connectivity index (χ1) is 35.7. The molecule has 74 heavy (non-hydrogen) atoms. The molecule has 2 N–H and O–H groups in total. The number of rotatable bonds is 11. The Hall–Kier alpha value is -8.70. The number of anilines is 5. The van der Waals surface area contributed by atoms with Gasteiger partial charge in [0.2, 0.25) is 17.8 Å². The zero-order valence-electron chi connectivity index (χ0n) is 39.1. The van der Waals surface area contributed by atoms with Crippen molar-refractivity contribution in [2.45, 2.75) is 31.5 Å². The number of amides is 4. The molecule has 5 aliphatic rings. The fraction of sp³-hybridized carbons (Fsp3) is 0.312. The lowest BCUT2D eigenvalue weighted by molar-refractivity contribution is -0.136. The highest BCUT2D eigenvalue weighted by Crippen LogP contribution is 2.36. The highest BCUT2D eigenvalue weighted by atomic mass is 32.2. The maximum absolute atomic E-state index is 15.2. The summed E-state index contributed by atoms with van der Waals surface area (Å²) in [5, 5.41) is 12.3. The number of nitriles is 1. The summed E-state index contributed by atoms with van der Waals surface area (Å²) in [6.07, 6.45) is 4.70. The monoisotopic (exact) mass is 1030 g/mol. The second-order valence-electron chi connectivity index (χ2n) is 18.1. The predicted molar refractivity (Wildman–Crippen MR) is 262 cm³/mol. The van der Waals surface area contributed by atoms with Gasteiger partial charge in [0.25, 0.3) is 17.4 Å². The van der Waals surface area contributed by atoms with Gasteiger partial charge in [0.15, 0.2) is 11.6 Å². The highest BCUT2D eigenvalue weighted by molar-refractivity contribution is 7.90. The highest BCUT2D eigenvalue weighted by Gasteiger charge is 2.45. The van der Waals surface area contributed by atoms with Gasteiger partial charge in [-0.3, -0.25) is 43.5 Å². The van der Waals surface area contributed by atoms with Crippen LogP contribution in [-0.4, -0.2) is 148 Å². The lowest BCUT2D eigenvalue weighted by Gasteiger charge is -2.38. The van der Waals surface area contributed by atoms with Crippen molar-refractivity contribution >= 4 is 73.7 Å². The van der Waals surface area contributed by atoms with Gasteiger partial charge in [-0.25, -0.2) is 33.7 Å². The van der Waals surface area contributed by atoms with Crippen LogP contribution in [-0.2, 0) is 19.8 Å². The molecule has 1 unspecified atom stereocenters. The van der Waals surface area contributed by atoms with Crippen LogP contribution in [0.15, 0.2) is 84.4 Å². The Morgan fingerprint density at radius 3 is 2.11 bits per heavy atom. The van der Waals surface area contributed by atoms with E-state index in [2.05, 4.69) is 49.7 Å². The third-order valence-electron chi connectivity index (χ3n) is 13.7. The number of fused-ring (bicyclic) bond motifs is 2. The molecule has 2 atom stereocenters. The zero-order valence-corrected chi connectivity index (χ0v) is 39.9. The zero-order chi connectivity index (χ0) is 51.4. The number of piperazine rings is 2. The van der Waals surface area contributed by atoms with Crippen LogP contribution in [0.2, 0.25) is 0 Å². The Labute approximate surface area is 419 Å². The lowest BCUT2D eigenvalue weighted by atomic mass is 10.0. The van der Waals surface area contributed by atoms with Gasteiger partial charge >= 0.3 is 10.2 Å². The van der Waals surface area contributed by atoms with Crippen LogP contribution in [0, 0.1) is 17.1 Å². The number of hydrogen-bond donors (Lipinski definition) is 2. The molecule has 4 saturated heterocycles. The van der Waals surface area contributed by atoms with E-state index in [0.717, 1.165) is 38.7 Å². The van der Waals surface area contributed by atoms with Gasteiger partial charge in [-0.05, 0) is 61.4 Å². The number of carbonyl (C=O) groups excluding carboxylic acids is 4. The van der Waals surface area contributed by atoms with Crippen molar-refractivity contribution in [1.29, 1.82) is 5.26 Å². The minimum Gasteiger partial charge on any atom is -0.453 e. The molecule has 0 aliphatic carbocycles. The smallest absolute Gasteiger partial charge is 0.301 e. The molecule has 26 heteroatoms. The minimum atomic E-state index is -4.27. The summed E-state index contributed by atoms with van der Waals surface area (Å²) in [7, 11) is -4.27. The van der Waals surface area contributed by atoms with Crippen molar-refractivity contribution in [3.8, 4) is 23.3 Å². The van der Waals surface area contributed by atoms with Gasteiger partial charge in [0.1, 0.15) is 53.9 Å². The summed E-state index contributed by atoms with van der Waals surface area (Å²) in [6, 6.07) is 14.0. The third kappa shape index (κ3) is 8.88. The Bertz CT molecular complexity index is 3510. The molecule has 0 spiro atoms. The van der Waals surface area contributed by atoms with E-state index in [1.165, 1.54) is 41.5 Å². The quantitative estimate of drug-likeness (QED) is 0.177. The van der Waals surface area contributed by atoms with Gasteiger partial charge in [-0.2, -0.15) is 18.0 Å². The molecule has 23 nitrogen and oxygen atoms in total. The Morgan fingerprint density at radius 1 is 0.743 bits per heavy atom. The molecule has 0 radical (unpaired) electrons. The molecular weight excluding hydrogens is 985 g/mol. The molecule has 11 rings (SSSR count). The number of ether oxygens (including phenoxy) is 1. The average molecular weight is 1030 g/mol. The SMILES string of the molecule is N#Cc1c(NS(=O)(=O)N2CC[C@@H](F)C2)ccc(F)c1Oc1ccc2ncn(-c3cnc(N4CCN(c5cc(N6CCN(c7ccc8c(c7)C(=O)N(C7CCC(=O)NC7=O)C8=O)CC6)ncn5)CC4)nc3)c(=O)c2c1. The number of nitrogens with zero attached hydrogens (tertiary/aromatic N) is 13. The van der Waals surface area contributed by atoms with Crippen molar-refractivity contribution in [2.24, 2.45) is 0 Å². The summed E-state index contributed by atoms with van der Waals surface area (Å²) in [5.74, 6) is -1.80. The summed E-state index contributed by atoms with van der Waals surface area (Å²) < 4.78 is 65.0. The second kappa shape index (κ2) is 19.0. The topological polar surface area (TPSA) is 265 Å². The minimum absolute atomic E-state index is 0.0249. The Morgan fingerprint density at radius 2 is 1.43 bits per heavy atom. The number of halogens is 2. The second-order valence-corrected chi connectivity index (χ2v) is 19.7. The van der Waals surface area contributed by atoms with E-state index in [1.807, 2.05) is 11.0 Å². The van der Waals surface area contributed by atoms with Crippen LogP contribution >= 0.6 is 0 Å². The van der Waals surface area contributed by atoms with E-state index in [4.69, 9.17) is 4.74 Å². The number of imide groups is 2. The average Bonchev–Trinajstić information content (AvgIpc) is 3.98. The maximum atomic E-state index is 15.2. The van der Waals surface area contributed by atoms with Gasteiger partial charge in [-0.15, -0.1) is 0 Å². The standard InChI is InChI=1S/C48H43F2N15O8S/c49-28-9-10-63(25-28)74(71,72)58-38-6-4-36(50)43(35(38)22-51)73-31-2-5-37-34(20-31)45(68)64(27-56-37)30-23-52-48(53-24-30)62-17-15-61(16-18-62)41-21-40(54-26-55-41)60-13-11-59(12-14-60)29-1-3-32-33(19-29)47(70)65(46(32)69)39-7-8-42(66)57-44(39)67/h1-6,19-21,23-24,26-28,39,58H,7-18,25H2,(H,57,66,67)/t28-,39?/m1/s1. The number of hydrogen-bond acceptors (Lipinski definition) is 18. The van der Waals surface area contributed by atoms with Crippen LogP contribution in [0.3, 0.4) is 0 Å². The largest absolute Gasteiger partial charge is 0.453 e. The summed E-state index contributed by atoms with van der Waals surface area (Å²) >= 11 is 0. The third-order valence-corrected chi connectivity index (χ3v) is 15.2.